The van der Waals surface area contributed by atoms with Crippen LogP contribution in [0.15, 0.2) is 0 Å². The van der Waals surface area contributed by atoms with Gasteiger partial charge in [-0.25, -0.2) is 0 Å². The monoisotopic (exact) mass is 302 g/mol. The van der Waals surface area contributed by atoms with Crippen molar-refractivity contribution in [2.75, 3.05) is 24.6 Å². The second kappa shape index (κ2) is 14.4. The average Bonchev–Trinajstić information content (AvgIpc) is 2.47. The van der Waals surface area contributed by atoms with Crippen LogP contribution >= 0.6 is 7.26 Å². The van der Waals surface area contributed by atoms with Crippen LogP contribution in [-0.4, -0.2) is 24.6 Å². The Hall–Kier alpha value is 0.430. The fourth-order valence-corrected chi connectivity index (χ4v) is 8.51. The Morgan fingerprint density at radius 2 is 0.900 bits per heavy atom. The van der Waals surface area contributed by atoms with Gasteiger partial charge in [-0.15, -0.1) is 0 Å². The Morgan fingerprint density at radius 1 is 0.450 bits per heavy atom. The van der Waals surface area contributed by atoms with Crippen molar-refractivity contribution in [3.8, 4) is 0 Å². The third-order valence-electron chi connectivity index (χ3n) is 5.15. The van der Waals surface area contributed by atoms with Gasteiger partial charge in [-0.1, -0.05) is 0 Å². The van der Waals surface area contributed by atoms with E-state index >= 15 is 0 Å². The second-order valence-corrected chi connectivity index (χ2v) is 12.1. The van der Waals surface area contributed by atoms with Crippen molar-refractivity contribution in [3.05, 3.63) is 0 Å². The molecule has 0 heterocycles. The molecule has 0 radical (unpaired) electrons. The zero-order valence-electron chi connectivity index (χ0n) is 15.1. The molecule has 0 saturated carbocycles. The third-order valence-corrected chi connectivity index (χ3v) is 11.0. The Kier molecular flexibility index (Phi) is 14.7. The fraction of sp³-hybridized carbons (Fsp3) is 1.00. The number of rotatable bonds is 15. The van der Waals surface area contributed by atoms with Crippen LogP contribution in [0.1, 0.15) is 98.3 Å². The van der Waals surface area contributed by atoms with Crippen molar-refractivity contribution >= 4 is 7.26 Å². The molecule has 1 heteroatoms. The molecule has 0 spiro atoms. The molecule has 0 aromatic carbocycles. The zero-order valence-corrected chi connectivity index (χ0v) is 16.1. The van der Waals surface area contributed by atoms with E-state index in [0.717, 1.165) is 0 Å². The summed E-state index contributed by atoms with van der Waals surface area (Å²) in [5.41, 5.74) is 0. The number of hydrogen-bond donors (Lipinski definition) is 0. The summed E-state index contributed by atoms with van der Waals surface area (Å²) < 4.78 is 0. The van der Waals surface area contributed by atoms with Gasteiger partial charge in [0.25, 0.3) is 0 Å². The molecule has 0 aromatic rings. The van der Waals surface area contributed by atoms with Crippen LogP contribution in [-0.2, 0) is 0 Å². The first-order valence-electron chi connectivity index (χ1n) is 9.74. The van der Waals surface area contributed by atoms with Gasteiger partial charge < -0.3 is 0 Å². The van der Waals surface area contributed by atoms with Crippen LogP contribution in [0.5, 0.6) is 0 Å². The van der Waals surface area contributed by atoms with E-state index in [2.05, 4.69) is 27.7 Å². The molecule has 0 atom stereocenters. The summed E-state index contributed by atoms with van der Waals surface area (Å²) in [6.07, 6.45) is 22.5. The Bertz CT molecular complexity index is 190. The molecule has 0 N–H and O–H groups in total. The van der Waals surface area contributed by atoms with Crippen LogP contribution in [0, 0.1) is 0 Å². The second-order valence-electron chi connectivity index (χ2n) is 6.93. The quantitative estimate of drug-likeness (QED) is 0.223. The summed E-state index contributed by atoms with van der Waals surface area (Å²) in [6.45, 7) is 9.54. The number of hydrogen-bond acceptors (Lipinski definition) is 0. The van der Waals surface area contributed by atoms with Crippen LogP contribution < -0.4 is 0 Å². The molecule has 0 rings (SSSR count). The zero-order chi connectivity index (χ0) is 15.1. The minimum absolute atomic E-state index is 0.888. The van der Waals surface area contributed by atoms with E-state index in [0.29, 0.717) is 0 Å². The van der Waals surface area contributed by atoms with E-state index in [1.807, 2.05) is 0 Å². The molecular formula is C19H43P. The molecule has 0 aliphatic rings. The molecule has 0 bridgehead atoms. The molecular weight excluding hydrogens is 259 g/mol. The molecule has 20 heavy (non-hydrogen) atoms. The topological polar surface area (TPSA) is 0 Å². The molecule has 0 amide bonds. The fourth-order valence-electron chi connectivity index (χ4n) is 3.64. The van der Waals surface area contributed by atoms with Gasteiger partial charge in [-0.3, -0.25) is 0 Å². The van der Waals surface area contributed by atoms with Crippen molar-refractivity contribution in [1.29, 1.82) is 0 Å². The molecule has 0 aliphatic heterocycles. The first-order valence-corrected chi connectivity index (χ1v) is 12.6. The summed E-state index contributed by atoms with van der Waals surface area (Å²) in [6, 6.07) is 0. The Balaban J connectivity index is 3.97. The predicted molar refractivity (Wildman–Crippen MR) is 101 cm³/mol. The van der Waals surface area contributed by atoms with Crippen molar-refractivity contribution in [3.63, 3.8) is 0 Å². The molecule has 0 fully saturated rings. The van der Waals surface area contributed by atoms with E-state index in [1.54, 1.807) is 24.6 Å². The van der Waals surface area contributed by atoms with Gasteiger partial charge in [0.2, 0.25) is 0 Å². The van der Waals surface area contributed by atoms with Gasteiger partial charge >= 0.3 is 130 Å². The van der Waals surface area contributed by atoms with E-state index < -0.39 is 7.26 Å². The molecule has 0 aliphatic carbocycles. The van der Waals surface area contributed by atoms with E-state index in [-0.39, 0.29) is 0 Å². The SMILES string of the molecule is CCCCCCCC[PH](CC)(CCC)CCCCCC. The van der Waals surface area contributed by atoms with Crippen LogP contribution in [0.3, 0.4) is 0 Å². The maximum atomic E-state index is 2.50. The normalized spacial score (nSPS) is 12.8. The van der Waals surface area contributed by atoms with E-state index in [4.69, 9.17) is 0 Å². The maximum absolute atomic E-state index is 2.50. The van der Waals surface area contributed by atoms with Crippen molar-refractivity contribution in [1.82, 2.24) is 0 Å². The molecule has 0 aromatic heterocycles. The average molecular weight is 303 g/mol. The first-order chi connectivity index (χ1) is 9.74. The summed E-state index contributed by atoms with van der Waals surface area (Å²) >= 11 is 0. The summed E-state index contributed by atoms with van der Waals surface area (Å²) in [4.78, 5) is 0. The van der Waals surface area contributed by atoms with Crippen LogP contribution in [0.25, 0.3) is 0 Å². The van der Waals surface area contributed by atoms with Crippen LogP contribution in [0.4, 0.5) is 0 Å². The molecule has 0 unspecified atom stereocenters. The number of unbranched alkanes of at least 4 members (excludes halogenated alkanes) is 8. The van der Waals surface area contributed by atoms with Gasteiger partial charge in [-0.2, -0.15) is 0 Å². The van der Waals surface area contributed by atoms with Crippen molar-refractivity contribution in [2.24, 2.45) is 0 Å². The summed E-state index contributed by atoms with van der Waals surface area (Å²) in [7, 11) is -0.888. The minimum atomic E-state index is -0.888. The van der Waals surface area contributed by atoms with Gasteiger partial charge in [0.1, 0.15) is 0 Å². The van der Waals surface area contributed by atoms with Gasteiger partial charge in [0, 0.05) is 0 Å². The Morgan fingerprint density at radius 3 is 1.35 bits per heavy atom. The molecule has 0 saturated heterocycles. The summed E-state index contributed by atoms with van der Waals surface area (Å²) in [5, 5.41) is 0. The first kappa shape index (κ1) is 20.4. The predicted octanol–water partition coefficient (Wildman–Crippen LogP) is 7.11. The van der Waals surface area contributed by atoms with Crippen LogP contribution in [0.2, 0.25) is 0 Å². The third kappa shape index (κ3) is 10.2. The molecule has 0 nitrogen and oxygen atoms in total. The Labute approximate surface area is 130 Å². The molecule has 124 valence electrons. The van der Waals surface area contributed by atoms with E-state index in [1.165, 1.54) is 70.6 Å². The summed E-state index contributed by atoms with van der Waals surface area (Å²) in [5.74, 6) is 0. The standard InChI is InChI=1S/C19H43P/c1-5-9-11-13-14-16-19-20(8-4,17-7-3)18-15-12-10-6-2/h20H,5-19H2,1-4H3. The van der Waals surface area contributed by atoms with Gasteiger partial charge in [-0.05, 0) is 0 Å². The van der Waals surface area contributed by atoms with Gasteiger partial charge in [0.05, 0.1) is 0 Å². The van der Waals surface area contributed by atoms with E-state index in [9.17, 15) is 0 Å². The van der Waals surface area contributed by atoms with Gasteiger partial charge in [0.15, 0.2) is 0 Å². The van der Waals surface area contributed by atoms with Crippen molar-refractivity contribution in [2.45, 2.75) is 98.3 Å². The van der Waals surface area contributed by atoms with Crippen molar-refractivity contribution < 1.29 is 0 Å².